The van der Waals surface area contributed by atoms with Crippen molar-refractivity contribution in [3.8, 4) is 17.2 Å². The molecule has 1 heterocycles. The molecule has 0 aliphatic carbocycles. The van der Waals surface area contributed by atoms with Crippen LogP contribution in [0.4, 0.5) is 86.0 Å². The zero-order chi connectivity index (χ0) is 52.8. The van der Waals surface area contributed by atoms with Crippen LogP contribution in [-0.4, -0.2) is 102 Å². The van der Waals surface area contributed by atoms with Crippen LogP contribution in [0, 0.1) is 16.0 Å². The number of fused-ring (bicyclic) bond motifs is 1. The molecule has 69 heavy (non-hydrogen) atoms. The number of imide groups is 1. The predicted molar refractivity (Wildman–Crippen MR) is 204 cm³/mol. The molecule has 382 valence electrons. The molecule has 1 aliphatic rings. The molecule has 1 unspecified atom stereocenters. The molecule has 3 aromatic rings. The summed E-state index contributed by atoms with van der Waals surface area (Å²) in [4.78, 5) is 55.8. The van der Waals surface area contributed by atoms with Gasteiger partial charge in [-0.2, -0.15) is 74.6 Å². The van der Waals surface area contributed by atoms with Gasteiger partial charge in [-0.25, -0.2) is 4.90 Å². The minimum absolute atomic E-state index is 0.0792. The van der Waals surface area contributed by atoms with Crippen LogP contribution < -0.4 is 19.1 Å². The first kappa shape index (κ1) is 55.8. The van der Waals surface area contributed by atoms with Crippen molar-refractivity contribution >= 4 is 40.7 Å². The van der Waals surface area contributed by atoms with E-state index in [4.69, 9.17) is 25.8 Å². The van der Waals surface area contributed by atoms with E-state index in [0.29, 0.717) is 4.90 Å². The molecule has 1 atom stereocenters. The molecule has 3 amide bonds. The maximum atomic E-state index is 14.6. The average Bonchev–Trinajstić information content (AvgIpc) is 3.32. The standard InChI is InChI=1S/C40H33ClF17N3O8/c1-19(2)14-27-32(64)60(31(63)22-8-5-6-9-25(22)61(65)66)26-15-20(41)10-11-23(26)30(62)59(27)18-24-28(67-3)16-21(17-29(24)68-4)69-13-7-12-33(42,43)34(44,45)35(46,47)36(48,49)37(50,51)38(52,53)39(54,55)40(56,57)58/h5-6,8-11,15-17,19,27H,7,12-14,18H2,1-4H3. The second kappa shape index (κ2) is 19.2. The largest absolute Gasteiger partial charge is 0.496 e. The van der Waals surface area contributed by atoms with Crippen LogP contribution >= 0.6 is 11.6 Å². The summed E-state index contributed by atoms with van der Waals surface area (Å²) in [5.74, 6) is -62.1. The Kier molecular flexibility index (Phi) is 15.5. The average molecular weight is 1040 g/mol. The number of hydrogen-bond donors (Lipinski definition) is 0. The van der Waals surface area contributed by atoms with Crippen molar-refractivity contribution in [1.82, 2.24) is 4.90 Å². The molecular formula is C40H33ClF17N3O8. The summed E-state index contributed by atoms with van der Waals surface area (Å²) in [6.07, 6.45) is -12.4. The number of anilines is 1. The van der Waals surface area contributed by atoms with Gasteiger partial charge in [0.2, 0.25) is 0 Å². The maximum Gasteiger partial charge on any atom is 0.460 e. The van der Waals surface area contributed by atoms with Crippen LogP contribution in [0.15, 0.2) is 54.6 Å². The van der Waals surface area contributed by atoms with Crippen LogP contribution in [0.2, 0.25) is 5.02 Å². The van der Waals surface area contributed by atoms with E-state index in [9.17, 15) is 99.1 Å². The van der Waals surface area contributed by atoms with Gasteiger partial charge in [0.1, 0.15) is 28.9 Å². The molecule has 0 bridgehead atoms. The number of amides is 3. The second-order valence-electron chi connectivity index (χ2n) is 15.4. The molecule has 0 spiro atoms. The third-order valence-corrected chi connectivity index (χ3v) is 10.6. The Bertz CT molecular complexity index is 2430. The summed E-state index contributed by atoms with van der Waals surface area (Å²) >= 11 is 6.23. The van der Waals surface area contributed by atoms with E-state index >= 15 is 0 Å². The topological polar surface area (TPSA) is 129 Å². The Hall–Kier alpha value is -5.83. The van der Waals surface area contributed by atoms with Gasteiger partial charge < -0.3 is 19.1 Å². The number of carbonyl (C=O) groups is 3. The van der Waals surface area contributed by atoms with Crippen molar-refractivity contribution in [3.05, 3.63) is 86.4 Å². The first-order chi connectivity index (χ1) is 31.4. The van der Waals surface area contributed by atoms with Crippen molar-refractivity contribution in [1.29, 1.82) is 0 Å². The Morgan fingerprint density at radius 1 is 0.754 bits per heavy atom. The minimum Gasteiger partial charge on any atom is -0.496 e. The number of ether oxygens (including phenoxy) is 3. The molecule has 0 aromatic heterocycles. The van der Waals surface area contributed by atoms with E-state index in [1.165, 1.54) is 18.2 Å². The summed E-state index contributed by atoms with van der Waals surface area (Å²) in [7, 11) is 2.02. The Morgan fingerprint density at radius 3 is 1.75 bits per heavy atom. The van der Waals surface area contributed by atoms with Crippen LogP contribution in [0.1, 0.15) is 59.4 Å². The van der Waals surface area contributed by atoms with Crippen molar-refractivity contribution in [2.24, 2.45) is 5.92 Å². The van der Waals surface area contributed by atoms with Crippen LogP contribution in [0.3, 0.4) is 0 Å². The molecular weight excluding hydrogens is 1010 g/mol. The lowest BCUT2D eigenvalue weighted by Crippen LogP contribution is -2.74. The van der Waals surface area contributed by atoms with Crippen molar-refractivity contribution in [2.45, 2.75) is 93.3 Å². The van der Waals surface area contributed by atoms with E-state index in [0.717, 1.165) is 55.5 Å². The molecule has 0 N–H and O–H groups in total. The third kappa shape index (κ3) is 9.59. The SMILES string of the molecule is COc1cc(OCCCC(F)(F)C(F)(F)C(F)(F)C(F)(F)C(F)(F)C(F)(F)C(F)(F)C(F)(F)F)cc(OC)c1CN1C(=O)c2ccc(Cl)cc2N(C(=O)c2ccccc2[N+](=O)[O-])C(=O)C1CC(C)C. The fourth-order valence-electron chi connectivity index (χ4n) is 6.78. The number of nitrogens with zero attached hydrogens (tertiary/aromatic N) is 3. The predicted octanol–water partition coefficient (Wildman–Crippen LogP) is 11.7. The van der Waals surface area contributed by atoms with Gasteiger partial charge in [0.25, 0.3) is 23.4 Å². The lowest BCUT2D eigenvalue weighted by atomic mass is 9.88. The molecule has 0 saturated carbocycles. The van der Waals surface area contributed by atoms with E-state index in [1.807, 2.05) is 0 Å². The molecule has 3 aromatic carbocycles. The monoisotopic (exact) mass is 1040 g/mol. The van der Waals surface area contributed by atoms with Gasteiger partial charge in [-0.1, -0.05) is 37.6 Å². The van der Waals surface area contributed by atoms with E-state index in [2.05, 4.69) is 0 Å². The molecule has 0 radical (unpaired) electrons. The van der Waals surface area contributed by atoms with Gasteiger partial charge in [0, 0.05) is 29.6 Å². The first-order valence-electron chi connectivity index (χ1n) is 19.2. The maximum absolute atomic E-state index is 14.6. The molecule has 1 aliphatic heterocycles. The fourth-order valence-corrected chi connectivity index (χ4v) is 6.94. The number of methoxy groups -OCH3 is 2. The van der Waals surface area contributed by atoms with E-state index in [-0.39, 0.29) is 39.8 Å². The quantitative estimate of drug-likeness (QED) is 0.0382. The fraction of sp³-hybridized carbons (Fsp3) is 0.475. The Morgan fingerprint density at radius 2 is 1.26 bits per heavy atom. The number of alkyl halides is 17. The highest BCUT2D eigenvalue weighted by atomic mass is 35.5. The second-order valence-corrected chi connectivity index (χ2v) is 15.8. The summed E-state index contributed by atoms with van der Waals surface area (Å²) in [6, 6.07) is 8.34. The zero-order valence-corrected chi connectivity index (χ0v) is 36.1. The smallest absolute Gasteiger partial charge is 0.460 e. The third-order valence-electron chi connectivity index (χ3n) is 10.4. The minimum atomic E-state index is -8.76. The normalized spacial score (nSPS) is 15.8. The summed E-state index contributed by atoms with van der Waals surface area (Å²) in [6.45, 7) is 1.32. The van der Waals surface area contributed by atoms with Crippen LogP contribution in [-0.2, 0) is 11.3 Å². The lowest BCUT2D eigenvalue weighted by molar-refractivity contribution is -0.461. The number of benzene rings is 3. The Labute approximate surface area is 382 Å². The van der Waals surface area contributed by atoms with Crippen LogP contribution in [0.25, 0.3) is 0 Å². The summed E-state index contributed by atoms with van der Waals surface area (Å²) in [5, 5.41) is 11.8. The number of carbonyl (C=O) groups excluding carboxylic acids is 3. The van der Waals surface area contributed by atoms with E-state index in [1.54, 1.807) is 13.8 Å². The van der Waals surface area contributed by atoms with Gasteiger partial charge in [0.05, 0.1) is 49.1 Å². The van der Waals surface area contributed by atoms with E-state index < -0.39 is 125 Å². The van der Waals surface area contributed by atoms with Crippen molar-refractivity contribution in [2.75, 3.05) is 25.7 Å². The van der Waals surface area contributed by atoms with Gasteiger partial charge in [0.15, 0.2) is 0 Å². The number of nitro groups is 1. The molecule has 4 rings (SSSR count). The number of hydrogen-bond acceptors (Lipinski definition) is 8. The molecule has 29 heteroatoms. The molecule has 0 fully saturated rings. The number of para-hydroxylation sites is 1. The van der Waals surface area contributed by atoms with Crippen molar-refractivity contribution < 1.29 is 108 Å². The summed E-state index contributed by atoms with van der Waals surface area (Å²) < 4.78 is 249. The molecule has 0 saturated heterocycles. The Balaban J connectivity index is 1.65. The lowest BCUT2D eigenvalue weighted by Gasteiger charge is -2.42. The van der Waals surface area contributed by atoms with Gasteiger partial charge in [-0.05, 0) is 43.0 Å². The highest BCUT2D eigenvalue weighted by Gasteiger charge is 2.95. The number of nitro benzene ring substituents is 1. The number of halogens is 18. The molecule has 11 nitrogen and oxygen atoms in total. The summed E-state index contributed by atoms with van der Waals surface area (Å²) in [5.41, 5.74) is -2.04. The van der Waals surface area contributed by atoms with Crippen LogP contribution in [0.5, 0.6) is 17.2 Å². The van der Waals surface area contributed by atoms with Gasteiger partial charge >= 0.3 is 47.6 Å². The van der Waals surface area contributed by atoms with Crippen molar-refractivity contribution in [3.63, 3.8) is 0 Å². The van der Waals surface area contributed by atoms with Gasteiger partial charge in [-0.3, -0.25) is 24.5 Å². The highest BCUT2D eigenvalue weighted by molar-refractivity contribution is 6.32. The highest BCUT2D eigenvalue weighted by Crippen LogP contribution is 2.64. The first-order valence-corrected chi connectivity index (χ1v) is 19.6. The van der Waals surface area contributed by atoms with Gasteiger partial charge in [-0.15, -0.1) is 0 Å². The number of rotatable bonds is 19. The zero-order valence-electron chi connectivity index (χ0n) is 35.3.